The molecule has 1 unspecified atom stereocenters. The highest BCUT2D eigenvalue weighted by Crippen LogP contribution is 2.37. The lowest BCUT2D eigenvalue weighted by molar-refractivity contribution is -0.119. The molecule has 0 aliphatic heterocycles. The van der Waals surface area contributed by atoms with Crippen molar-refractivity contribution in [3.05, 3.63) is 18.2 Å². The molecule has 5 nitrogen and oxygen atoms in total. The first-order valence-electron chi connectivity index (χ1n) is 5.24. The quantitative estimate of drug-likeness (QED) is 0.813. The highest BCUT2D eigenvalue weighted by atomic mass is 16.5. The minimum Gasteiger partial charge on any atom is -0.493 e. The molecule has 1 aromatic rings. The highest BCUT2D eigenvalue weighted by molar-refractivity contribution is 5.74. The molecule has 0 saturated heterocycles. The standard InChI is InChI=1S/C12H17NO4/c1-8(7-11(13)14)17-10-6-4-5-9(15-2)12(10)16-3/h4-6,8H,7H2,1-3H3,(H2,13,14). The Labute approximate surface area is 100 Å². The lowest BCUT2D eigenvalue weighted by Crippen LogP contribution is -2.22. The van der Waals surface area contributed by atoms with Gasteiger partial charge in [0.25, 0.3) is 0 Å². The van der Waals surface area contributed by atoms with Crippen LogP contribution in [0.2, 0.25) is 0 Å². The minimum atomic E-state index is -0.403. The van der Waals surface area contributed by atoms with Gasteiger partial charge in [0.15, 0.2) is 11.5 Å². The van der Waals surface area contributed by atoms with Crippen molar-refractivity contribution in [2.45, 2.75) is 19.4 Å². The Hall–Kier alpha value is -1.91. The number of amides is 1. The van der Waals surface area contributed by atoms with Gasteiger partial charge in [-0.25, -0.2) is 0 Å². The van der Waals surface area contributed by atoms with E-state index in [4.69, 9.17) is 19.9 Å². The van der Waals surface area contributed by atoms with Crippen molar-refractivity contribution in [2.24, 2.45) is 5.73 Å². The third kappa shape index (κ3) is 3.55. The van der Waals surface area contributed by atoms with Crippen LogP contribution in [0.15, 0.2) is 18.2 Å². The Morgan fingerprint density at radius 2 is 1.94 bits per heavy atom. The molecule has 0 aromatic heterocycles. The molecule has 0 aliphatic rings. The summed E-state index contributed by atoms with van der Waals surface area (Å²) in [7, 11) is 3.08. The van der Waals surface area contributed by atoms with Crippen LogP contribution in [0, 0.1) is 0 Å². The fourth-order valence-electron chi connectivity index (χ4n) is 1.49. The van der Waals surface area contributed by atoms with E-state index in [-0.39, 0.29) is 12.5 Å². The van der Waals surface area contributed by atoms with Crippen molar-refractivity contribution >= 4 is 5.91 Å². The first kappa shape index (κ1) is 13.2. The summed E-state index contributed by atoms with van der Waals surface area (Å²) < 4.78 is 15.9. The first-order valence-corrected chi connectivity index (χ1v) is 5.24. The average Bonchev–Trinajstić information content (AvgIpc) is 2.27. The normalized spacial score (nSPS) is 11.7. The molecular formula is C12H17NO4. The van der Waals surface area contributed by atoms with Crippen molar-refractivity contribution in [3.8, 4) is 17.2 Å². The maximum atomic E-state index is 10.8. The van der Waals surface area contributed by atoms with E-state index in [0.717, 1.165) is 0 Å². The number of hydrogen-bond acceptors (Lipinski definition) is 4. The summed E-state index contributed by atoms with van der Waals surface area (Å²) in [6.07, 6.45) is -0.158. The zero-order valence-corrected chi connectivity index (χ0v) is 10.2. The Morgan fingerprint density at radius 3 is 2.47 bits per heavy atom. The molecule has 0 saturated carbocycles. The summed E-state index contributed by atoms with van der Waals surface area (Å²) >= 11 is 0. The summed E-state index contributed by atoms with van der Waals surface area (Å²) in [5, 5.41) is 0. The fourth-order valence-corrected chi connectivity index (χ4v) is 1.49. The average molecular weight is 239 g/mol. The summed E-state index contributed by atoms with van der Waals surface area (Å²) in [5.74, 6) is 1.21. The number of ether oxygens (including phenoxy) is 3. The number of nitrogens with two attached hydrogens (primary N) is 1. The Balaban J connectivity index is 2.86. The number of carbonyl (C=O) groups is 1. The van der Waals surface area contributed by atoms with Gasteiger partial charge in [0.05, 0.1) is 20.6 Å². The van der Waals surface area contributed by atoms with Gasteiger partial charge in [-0.2, -0.15) is 0 Å². The SMILES string of the molecule is COc1cccc(OC(C)CC(N)=O)c1OC. The topological polar surface area (TPSA) is 70.8 Å². The number of hydrogen-bond donors (Lipinski definition) is 1. The second kappa shape index (κ2) is 5.98. The van der Waals surface area contributed by atoms with Crippen LogP contribution in [-0.4, -0.2) is 26.2 Å². The van der Waals surface area contributed by atoms with Crippen LogP contribution in [0.3, 0.4) is 0 Å². The van der Waals surface area contributed by atoms with Gasteiger partial charge < -0.3 is 19.9 Å². The van der Waals surface area contributed by atoms with E-state index >= 15 is 0 Å². The lowest BCUT2D eigenvalue weighted by atomic mass is 10.2. The number of rotatable bonds is 6. The van der Waals surface area contributed by atoms with Gasteiger partial charge >= 0.3 is 0 Å². The largest absolute Gasteiger partial charge is 0.493 e. The van der Waals surface area contributed by atoms with E-state index < -0.39 is 5.91 Å². The molecule has 17 heavy (non-hydrogen) atoms. The molecule has 1 atom stereocenters. The molecule has 0 radical (unpaired) electrons. The Kier molecular flexibility index (Phi) is 4.63. The number of para-hydroxylation sites is 1. The molecule has 2 N–H and O–H groups in total. The van der Waals surface area contributed by atoms with Crippen molar-refractivity contribution < 1.29 is 19.0 Å². The van der Waals surface area contributed by atoms with Gasteiger partial charge in [-0.3, -0.25) is 4.79 Å². The smallest absolute Gasteiger partial charge is 0.221 e. The predicted octanol–water partition coefficient (Wildman–Crippen LogP) is 1.35. The molecule has 1 amide bonds. The van der Waals surface area contributed by atoms with Crippen LogP contribution < -0.4 is 19.9 Å². The minimum absolute atomic E-state index is 0.153. The number of methoxy groups -OCH3 is 2. The first-order chi connectivity index (χ1) is 8.08. The van der Waals surface area contributed by atoms with Crippen LogP contribution >= 0.6 is 0 Å². The zero-order chi connectivity index (χ0) is 12.8. The predicted molar refractivity (Wildman–Crippen MR) is 63.4 cm³/mol. The van der Waals surface area contributed by atoms with E-state index in [1.165, 1.54) is 7.11 Å². The molecule has 0 fully saturated rings. The van der Waals surface area contributed by atoms with Crippen LogP contribution in [0.4, 0.5) is 0 Å². The Bertz CT molecular complexity index is 392. The second-order valence-corrected chi connectivity index (χ2v) is 3.59. The van der Waals surface area contributed by atoms with E-state index in [2.05, 4.69) is 0 Å². The zero-order valence-electron chi connectivity index (χ0n) is 10.2. The summed E-state index contributed by atoms with van der Waals surface area (Å²) in [6, 6.07) is 5.30. The molecule has 1 rings (SSSR count). The molecule has 0 bridgehead atoms. The molecule has 94 valence electrons. The van der Waals surface area contributed by atoms with Gasteiger partial charge in [0.1, 0.15) is 6.10 Å². The van der Waals surface area contributed by atoms with Crippen LogP contribution in [0.1, 0.15) is 13.3 Å². The second-order valence-electron chi connectivity index (χ2n) is 3.59. The molecular weight excluding hydrogens is 222 g/mol. The Morgan fingerprint density at radius 1 is 1.29 bits per heavy atom. The van der Waals surface area contributed by atoms with Crippen LogP contribution in [0.5, 0.6) is 17.2 Å². The van der Waals surface area contributed by atoms with Crippen LogP contribution in [-0.2, 0) is 4.79 Å². The summed E-state index contributed by atoms with van der Waals surface area (Å²) in [5.41, 5.74) is 5.10. The van der Waals surface area contributed by atoms with Crippen molar-refractivity contribution in [1.29, 1.82) is 0 Å². The number of carbonyl (C=O) groups excluding carboxylic acids is 1. The summed E-state index contributed by atoms with van der Waals surface area (Å²) in [4.78, 5) is 10.8. The maximum Gasteiger partial charge on any atom is 0.221 e. The molecule has 0 heterocycles. The molecule has 0 aliphatic carbocycles. The maximum absolute atomic E-state index is 10.8. The highest BCUT2D eigenvalue weighted by Gasteiger charge is 2.14. The third-order valence-electron chi connectivity index (χ3n) is 2.18. The summed E-state index contributed by atoms with van der Waals surface area (Å²) in [6.45, 7) is 1.77. The fraction of sp³-hybridized carbons (Fsp3) is 0.417. The van der Waals surface area contributed by atoms with E-state index in [1.54, 1.807) is 32.2 Å². The van der Waals surface area contributed by atoms with E-state index in [9.17, 15) is 4.79 Å². The van der Waals surface area contributed by atoms with Crippen molar-refractivity contribution in [2.75, 3.05) is 14.2 Å². The van der Waals surface area contributed by atoms with Gasteiger partial charge in [0.2, 0.25) is 11.7 Å². The molecule has 0 spiro atoms. The number of primary amides is 1. The molecule has 5 heteroatoms. The van der Waals surface area contributed by atoms with Gasteiger partial charge in [-0.1, -0.05) is 6.07 Å². The third-order valence-corrected chi connectivity index (χ3v) is 2.18. The number of benzene rings is 1. The van der Waals surface area contributed by atoms with Crippen LogP contribution in [0.25, 0.3) is 0 Å². The van der Waals surface area contributed by atoms with Gasteiger partial charge in [-0.05, 0) is 19.1 Å². The van der Waals surface area contributed by atoms with E-state index in [0.29, 0.717) is 17.2 Å². The van der Waals surface area contributed by atoms with Gasteiger partial charge in [-0.15, -0.1) is 0 Å². The van der Waals surface area contributed by atoms with Crippen molar-refractivity contribution in [1.82, 2.24) is 0 Å². The van der Waals surface area contributed by atoms with E-state index in [1.807, 2.05) is 0 Å². The van der Waals surface area contributed by atoms with Crippen molar-refractivity contribution in [3.63, 3.8) is 0 Å². The monoisotopic (exact) mass is 239 g/mol. The lowest BCUT2D eigenvalue weighted by Gasteiger charge is -2.17. The van der Waals surface area contributed by atoms with Gasteiger partial charge in [0, 0.05) is 0 Å². The molecule has 1 aromatic carbocycles.